The molecule has 0 aromatic carbocycles. The summed E-state index contributed by atoms with van der Waals surface area (Å²) in [6.45, 7) is 5.18. The third-order valence-electron chi connectivity index (χ3n) is 9.35. The van der Waals surface area contributed by atoms with E-state index in [2.05, 4.69) is 6.92 Å². The fourth-order valence-corrected chi connectivity index (χ4v) is 7.77. The van der Waals surface area contributed by atoms with E-state index in [9.17, 15) is 19.5 Å². The Bertz CT molecular complexity index is 846. The van der Waals surface area contributed by atoms with Gasteiger partial charge in [0, 0.05) is 24.2 Å². The highest BCUT2D eigenvalue weighted by molar-refractivity contribution is 5.92. The summed E-state index contributed by atoms with van der Waals surface area (Å²) in [5.41, 5.74) is -1.22. The molecule has 3 saturated carbocycles. The lowest BCUT2D eigenvalue weighted by Crippen LogP contribution is -2.62. The molecule has 0 aromatic heterocycles. The average molecular weight is 402 g/mol. The number of Topliss-reactive ketones (excluding diaryl/α,β-unsaturated/α-hetero) is 1. The van der Waals surface area contributed by atoms with Gasteiger partial charge in [0.1, 0.15) is 11.2 Å². The van der Waals surface area contributed by atoms with Crippen molar-refractivity contribution in [2.45, 2.75) is 83.0 Å². The molecule has 0 radical (unpaired) electrons. The molecule has 5 aliphatic rings. The Kier molecular flexibility index (Phi) is 3.88. The van der Waals surface area contributed by atoms with Gasteiger partial charge in [-0.15, -0.1) is 0 Å². The molecule has 5 rings (SSSR count). The highest BCUT2D eigenvalue weighted by atomic mass is 16.6. The third kappa shape index (κ3) is 2.22. The van der Waals surface area contributed by atoms with Crippen molar-refractivity contribution in [2.24, 2.45) is 22.7 Å². The number of carbonyl (C=O) groups excluding carboxylic acids is 3. The number of carbonyl (C=O) groups is 3. The SMILES string of the molecule is CC(=O)OCC(=O)[C@@]1(O)CC[C@H]2[C@@H]3CCC4=CC(=O)CC[C@]4(C)[C@@]34O[C@H]4C[C@@]21C. The van der Waals surface area contributed by atoms with Crippen LogP contribution in [0.1, 0.15) is 65.7 Å². The molecule has 4 aliphatic carbocycles. The van der Waals surface area contributed by atoms with Crippen molar-refractivity contribution in [2.75, 3.05) is 6.61 Å². The van der Waals surface area contributed by atoms with Gasteiger partial charge in [-0.25, -0.2) is 0 Å². The fourth-order valence-electron chi connectivity index (χ4n) is 7.77. The second kappa shape index (κ2) is 5.79. The first-order valence-electron chi connectivity index (χ1n) is 10.9. The molecule has 0 amide bonds. The van der Waals surface area contributed by atoms with Crippen LogP contribution in [0.25, 0.3) is 0 Å². The van der Waals surface area contributed by atoms with Gasteiger partial charge in [0.05, 0.1) is 6.10 Å². The summed E-state index contributed by atoms with van der Waals surface area (Å²) in [5.74, 6) is -0.227. The van der Waals surface area contributed by atoms with Crippen LogP contribution in [0.5, 0.6) is 0 Å². The molecule has 29 heavy (non-hydrogen) atoms. The topological polar surface area (TPSA) is 93.2 Å². The lowest BCUT2D eigenvalue weighted by molar-refractivity contribution is -0.166. The summed E-state index contributed by atoms with van der Waals surface area (Å²) in [4.78, 5) is 36.1. The number of fused-ring (bicyclic) bond motifs is 3. The number of aliphatic hydroxyl groups is 1. The van der Waals surface area contributed by atoms with Gasteiger partial charge in [-0.1, -0.05) is 19.4 Å². The van der Waals surface area contributed by atoms with Crippen LogP contribution < -0.4 is 0 Å². The third-order valence-corrected chi connectivity index (χ3v) is 9.35. The lowest BCUT2D eigenvalue weighted by Gasteiger charge is -2.56. The molecule has 1 N–H and O–H groups in total. The molecule has 1 heterocycles. The van der Waals surface area contributed by atoms with E-state index >= 15 is 0 Å². The Morgan fingerprint density at radius 2 is 1.97 bits per heavy atom. The normalized spacial score (nSPS) is 49.9. The first-order valence-corrected chi connectivity index (χ1v) is 10.9. The zero-order valence-corrected chi connectivity index (χ0v) is 17.5. The minimum absolute atomic E-state index is 0.00167. The van der Waals surface area contributed by atoms with E-state index in [1.165, 1.54) is 12.5 Å². The Hall–Kier alpha value is -1.53. The van der Waals surface area contributed by atoms with E-state index in [1.54, 1.807) is 0 Å². The predicted octanol–water partition coefficient (Wildman–Crippen LogP) is 2.51. The van der Waals surface area contributed by atoms with E-state index in [-0.39, 0.29) is 41.3 Å². The number of esters is 1. The summed E-state index contributed by atoms with van der Waals surface area (Å²) in [6, 6.07) is 0. The van der Waals surface area contributed by atoms with Gasteiger partial charge < -0.3 is 14.6 Å². The first kappa shape index (κ1) is 19.4. The number of epoxide rings is 1. The number of hydrogen-bond acceptors (Lipinski definition) is 6. The Labute approximate surface area is 171 Å². The molecule has 7 atom stereocenters. The van der Waals surface area contributed by atoms with Crippen LogP contribution in [0.2, 0.25) is 0 Å². The van der Waals surface area contributed by atoms with Gasteiger partial charge in [-0.3, -0.25) is 14.4 Å². The second-order valence-corrected chi connectivity index (χ2v) is 10.3. The maximum absolute atomic E-state index is 12.9. The van der Waals surface area contributed by atoms with Crippen molar-refractivity contribution < 1.29 is 29.0 Å². The minimum atomic E-state index is -1.48. The zero-order chi connectivity index (χ0) is 20.8. The molecule has 1 saturated heterocycles. The summed E-state index contributed by atoms with van der Waals surface area (Å²) in [5, 5.41) is 11.5. The monoisotopic (exact) mass is 402 g/mol. The van der Waals surface area contributed by atoms with Crippen molar-refractivity contribution in [1.29, 1.82) is 0 Å². The van der Waals surface area contributed by atoms with Crippen molar-refractivity contribution in [3.8, 4) is 0 Å². The molecule has 0 unspecified atom stereocenters. The molecule has 0 aromatic rings. The van der Waals surface area contributed by atoms with Gasteiger partial charge in [0.25, 0.3) is 0 Å². The summed E-state index contributed by atoms with van der Waals surface area (Å²) >= 11 is 0. The van der Waals surface area contributed by atoms with Crippen molar-refractivity contribution in [3.63, 3.8) is 0 Å². The van der Waals surface area contributed by atoms with E-state index in [4.69, 9.17) is 9.47 Å². The van der Waals surface area contributed by atoms with Gasteiger partial charge in [-0.2, -0.15) is 0 Å². The van der Waals surface area contributed by atoms with Gasteiger partial charge in [-0.05, 0) is 56.4 Å². The molecule has 158 valence electrons. The van der Waals surface area contributed by atoms with Gasteiger partial charge >= 0.3 is 5.97 Å². The van der Waals surface area contributed by atoms with Crippen LogP contribution in [-0.2, 0) is 23.9 Å². The Balaban J connectivity index is 1.48. The molecular formula is C23H30O6. The Morgan fingerprint density at radius 3 is 2.69 bits per heavy atom. The van der Waals surface area contributed by atoms with E-state index in [0.29, 0.717) is 19.3 Å². The quantitative estimate of drug-likeness (QED) is 0.576. The molecular weight excluding hydrogens is 372 g/mol. The van der Waals surface area contributed by atoms with Crippen molar-refractivity contribution in [3.05, 3.63) is 11.6 Å². The minimum Gasteiger partial charge on any atom is -0.458 e. The van der Waals surface area contributed by atoms with Crippen LogP contribution in [0.15, 0.2) is 11.6 Å². The molecule has 1 aliphatic heterocycles. The summed E-state index contributed by atoms with van der Waals surface area (Å²) < 4.78 is 11.4. The number of ether oxygens (including phenoxy) is 2. The van der Waals surface area contributed by atoms with E-state index < -0.39 is 22.8 Å². The highest BCUT2D eigenvalue weighted by Crippen LogP contribution is 2.76. The van der Waals surface area contributed by atoms with Crippen LogP contribution in [0.4, 0.5) is 0 Å². The summed E-state index contributed by atoms with van der Waals surface area (Å²) in [6.07, 6.45) is 6.88. The van der Waals surface area contributed by atoms with Crippen LogP contribution >= 0.6 is 0 Å². The van der Waals surface area contributed by atoms with E-state index in [0.717, 1.165) is 25.7 Å². The fraction of sp³-hybridized carbons (Fsp3) is 0.783. The molecule has 6 heteroatoms. The molecule has 0 bridgehead atoms. The predicted molar refractivity (Wildman–Crippen MR) is 103 cm³/mol. The highest BCUT2D eigenvalue weighted by Gasteiger charge is 2.81. The number of ketones is 2. The first-order chi connectivity index (χ1) is 13.6. The smallest absolute Gasteiger partial charge is 0.303 e. The van der Waals surface area contributed by atoms with Crippen LogP contribution in [0.3, 0.4) is 0 Å². The Morgan fingerprint density at radius 1 is 1.21 bits per heavy atom. The maximum atomic E-state index is 12.9. The largest absolute Gasteiger partial charge is 0.458 e. The van der Waals surface area contributed by atoms with E-state index in [1.807, 2.05) is 13.0 Å². The number of rotatable bonds is 3. The van der Waals surface area contributed by atoms with Gasteiger partial charge in [0.2, 0.25) is 5.78 Å². The molecule has 1 spiro atoms. The maximum Gasteiger partial charge on any atom is 0.303 e. The molecule has 6 nitrogen and oxygen atoms in total. The van der Waals surface area contributed by atoms with Crippen molar-refractivity contribution >= 4 is 17.5 Å². The van der Waals surface area contributed by atoms with Crippen LogP contribution in [0, 0.1) is 22.7 Å². The van der Waals surface area contributed by atoms with Crippen molar-refractivity contribution in [1.82, 2.24) is 0 Å². The standard InChI is InChI=1S/C23H30O6/c1-13(24)28-12-18(26)22(27)9-7-16-17-5-4-14-10-15(25)6-8-20(14,2)23(17)19(29-23)11-21(16,22)3/h10,16-17,19,27H,4-9,11-12H2,1-3H3/t16-,17-,19-,20-,21-,22-,23+/m0/s1. The summed E-state index contributed by atoms with van der Waals surface area (Å²) in [7, 11) is 0. The average Bonchev–Trinajstić information content (AvgIpc) is 3.32. The second-order valence-electron chi connectivity index (χ2n) is 10.3. The number of hydrogen-bond donors (Lipinski definition) is 1. The van der Waals surface area contributed by atoms with Gasteiger partial charge in [0.15, 0.2) is 12.4 Å². The van der Waals surface area contributed by atoms with Crippen LogP contribution in [-0.4, -0.2) is 46.6 Å². The lowest BCUT2D eigenvalue weighted by atomic mass is 9.46. The zero-order valence-electron chi connectivity index (χ0n) is 17.5. The molecule has 4 fully saturated rings.